The number of likely N-dealkylation sites (tertiary alicyclic amines) is 1. The van der Waals surface area contributed by atoms with Crippen molar-refractivity contribution in [2.24, 2.45) is 11.8 Å². The van der Waals surface area contributed by atoms with Crippen LogP contribution >= 0.6 is 23.2 Å². The van der Waals surface area contributed by atoms with Gasteiger partial charge in [-0.3, -0.25) is 4.90 Å². The van der Waals surface area contributed by atoms with Gasteiger partial charge in [0.05, 0.1) is 17.7 Å². The summed E-state index contributed by atoms with van der Waals surface area (Å²) in [7, 11) is 1.64. The van der Waals surface area contributed by atoms with Gasteiger partial charge in [-0.25, -0.2) is 0 Å². The first-order chi connectivity index (χ1) is 11.0. The van der Waals surface area contributed by atoms with Crippen molar-refractivity contribution in [1.82, 2.24) is 4.90 Å². The molecular weight excluding hydrogens is 333 g/mol. The van der Waals surface area contributed by atoms with Crippen LogP contribution in [0.3, 0.4) is 0 Å². The number of ether oxygens (including phenoxy) is 1. The van der Waals surface area contributed by atoms with Crippen LogP contribution in [-0.2, 0) is 6.54 Å². The Balaban J connectivity index is 1.78. The first-order valence-corrected chi connectivity index (χ1v) is 9.19. The standard InChI is InChI=1S/C18H25Cl2NO2/c1-3-18(22)6-4-5-12-9-21(11-15(12)18)10-13-7-14(19)8-16(20)17(13)23-2/h7-8,12,15,22H,3-6,9-11H2,1-2H3/t12-,15+,18-/m1/s1. The Kier molecular flexibility index (Phi) is 5.12. The molecule has 1 N–H and O–H groups in total. The minimum absolute atomic E-state index is 0.377. The van der Waals surface area contributed by atoms with Gasteiger partial charge in [0.15, 0.2) is 0 Å². The third kappa shape index (κ3) is 3.34. The van der Waals surface area contributed by atoms with Crippen molar-refractivity contribution in [3.63, 3.8) is 0 Å². The van der Waals surface area contributed by atoms with E-state index >= 15 is 0 Å². The van der Waals surface area contributed by atoms with E-state index in [1.54, 1.807) is 13.2 Å². The van der Waals surface area contributed by atoms with Crippen molar-refractivity contribution in [1.29, 1.82) is 0 Å². The van der Waals surface area contributed by atoms with Crippen LogP contribution in [0.4, 0.5) is 0 Å². The maximum atomic E-state index is 10.9. The molecule has 3 atom stereocenters. The van der Waals surface area contributed by atoms with E-state index in [9.17, 15) is 5.11 Å². The largest absolute Gasteiger partial charge is 0.495 e. The van der Waals surface area contributed by atoms with E-state index in [2.05, 4.69) is 11.8 Å². The molecule has 2 aliphatic rings. The molecule has 2 fully saturated rings. The van der Waals surface area contributed by atoms with Crippen LogP contribution < -0.4 is 4.74 Å². The van der Waals surface area contributed by atoms with Gasteiger partial charge in [-0.2, -0.15) is 0 Å². The van der Waals surface area contributed by atoms with E-state index in [0.717, 1.165) is 44.5 Å². The molecule has 0 unspecified atom stereocenters. The van der Waals surface area contributed by atoms with Crippen molar-refractivity contribution < 1.29 is 9.84 Å². The lowest BCUT2D eigenvalue weighted by molar-refractivity contribution is -0.0613. The Morgan fingerprint density at radius 2 is 2.13 bits per heavy atom. The van der Waals surface area contributed by atoms with Gasteiger partial charge in [-0.05, 0) is 37.3 Å². The predicted molar refractivity (Wildman–Crippen MR) is 94.4 cm³/mol. The Bertz CT molecular complexity index is 580. The summed E-state index contributed by atoms with van der Waals surface area (Å²) < 4.78 is 5.46. The van der Waals surface area contributed by atoms with E-state index in [1.165, 1.54) is 6.42 Å². The molecule has 1 aliphatic heterocycles. The summed E-state index contributed by atoms with van der Waals surface area (Å²) in [6.07, 6.45) is 4.13. The van der Waals surface area contributed by atoms with Crippen molar-refractivity contribution in [2.45, 2.75) is 44.8 Å². The normalized spacial score (nSPS) is 31.2. The molecular formula is C18H25Cl2NO2. The molecule has 1 saturated heterocycles. The molecule has 1 saturated carbocycles. The summed E-state index contributed by atoms with van der Waals surface area (Å²) >= 11 is 12.4. The third-order valence-corrected chi connectivity index (χ3v) is 6.19. The summed E-state index contributed by atoms with van der Waals surface area (Å²) in [5.41, 5.74) is 0.525. The number of halogens is 2. The number of methoxy groups -OCH3 is 1. The minimum Gasteiger partial charge on any atom is -0.495 e. The van der Waals surface area contributed by atoms with E-state index < -0.39 is 5.60 Å². The topological polar surface area (TPSA) is 32.7 Å². The van der Waals surface area contributed by atoms with Gasteiger partial charge in [0.2, 0.25) is 0 Å². The van der Waals surface area contributed by atoms with Crippen LogP contribution in [0.25, 0.3) is 0 Å². The zero-order valence-corrected chi connectivity index (χ0v) is 15.3. The molecule has 1 heterocycles. The van der Waals surface area contributed by atoms with Gasteiger partial charge >= 0.3 is 0 Å². The highest BCUT2D eigenvalue weighted by molar-refractivity contribution is 6.35. The average Bonchev–Trinajstić information content (AvgIpc) is 2.91. The first-order valence-electron chi connectivity index (χ1n) is 8.43. The molecule has 3 nitrogen and oxygen atoms in total. The smallest absolute Gasteiger partial charge is 0.142 e. The molecule has 0 radical (unpaired) electrons. The average molecular weight is 358 g/mol. The number of hydrogen-bond acceptors (Lipinski definition) is 3. The second-order valence-corrected chi connectivity index (χ2v) is 7.83. The van der Waals surface area contributed by atoms with Gasteiger partial charge in [-0.15, -0.1) is 0 Å². The molecule has 0 amide bonds. The molecule has 5 heteroatoms. The van der Waals surface area contributed by atoms with E-state index in [4.69, 9.17) is 27.9 Å². The van der Waals surface area contributed by atoms with Crippen LogP contribution in [0, 0.1) is 11.8 Å². The quantitative estimate of drug-likeness (QED) is 0.867. The number of rotatable bonds is 4. The summed E-state index contributed by atoms with van der Waals surface area (Å²) in [4.78, 5) is 2.41. The highest BCUT2D eigenvalue weighted by Gasteiger charge is 2.47. The number of aliphatic hydroxyl groups is 1. The Hall–Kier alpha value is -0.480. The van der Waals surface area contributed by atoms with Gasteiger partial charge in [0.25, 0.3) is 0 Å². The van der Waals surface area contributed by atoms with Crippen molar-refractivity contribution >= 4 is 23.2 Å². The molecule has 1 aromatic rings. The van der Waals surface area contributed by atoms with Crippen LogP contribution in [0.5, 0.6) is 5.75 Å². The molecule has 0 bridgehead atoms. The van der Waals surface area contributed by atoms with E-state index in [0.29, 0.717) is 27.6 Å². The molecule has 1 aromatic carbocycles. The zero-order valence-electron chi connectivity index (χ0n) is 13.8. The maximum absolute atomic E-state index is 10.9. The second-order valence-electron chi connectivity index (χ2n) is 6.99. The number of benzene rings is 1. The van der Waals surface area contributed by atoms with Crippen LogP contribution in [0.15, 0.2) is 12.1 Å². The van der Waals surface area contributed by atoms with Crippen molar-refractivity contribution in [3.8, 4) is 5.75 Å². The lowest BCUT2D eigenvalue weighted by Crippen LogP contribution is -2.44. The fourth-order valence-electron chi connectivity index (χ4n) is 4.49. The SMILES string of the molecule is CC[C@@]1(O)CCC[C@@H]2CN(Cc3cc(Cl)cc(Cl)c3OC)C[C@@H]21. The van der Waals surface area contributed by atoms with E-state index in [1.807, 2.05) is 6.07 Å². The van der Waals surface area contributed by atoms with Gasteiger partial charge < -0.3 is 9.84 Å². The molecule has 0 aromatic heterocycles. The lowest BCUT2D eigenvalue weighted by atomic mass is 9.69. The lowest BCUT2D eigenvalue weighted by Gasteiger charge is -2.40. The fraction of sp³-hybridized carbons (Fsp3) is 0.667. The highest BCUT2D eigenvalue weighted by atomic mass is 35.5. The van der Waals surface area contributed by atoms with Crippen LogP contribution in [0.1, 0.15) is 38.2 Å². The number of fused-ring (bicyclic) bond motifs is 1. The first kappa shape index (κ1) is 17.3. The minimum atomic E-state index is -0.492. The Morgan fingerprint density at radius 1 is 1.35 bits per heavy atom. The Morgan fingerprint density at radius 3 is 2.83 bits per heavy atom. The number of hydrogen-bond donors (Lipinski definition) is 1. The summed E-state index contributed by atoms with van der Waals surface area (Å²) in [5.74, 6) is 1.67. The van der Waals surface area contributed by atoms with E-state index in [-0.39, 0.29) is 0 Å². The molecule has 1 aliphatic carbocycles. The highest BCUT2D eigenvalue weighted by Crippen LogP contribution is 2.45. The molecule has 3 rings (SSSR count). The monoisotopic (exact) mass is 357 g/mol. The third-order valence-electron chi connectivity index (χ3n) is 5.69. The predicted octanol–water partition coefficient (Wildman–Crippen LogP) is 4.38. The summed E-state index contributed by atoms with van der Waals surface area (Å²) in [6, 6.07) is 3.64. The maximum Gasteiger partial charge on any atom is 0.142 e. The molecule has 0 spiro atoms. The molecule has 23 heavy (non-hydrogen) atoms. The van der Waals surface area contributed by atoms with Crippen LogP contribution in [0.2, 0.25) is 10.0 Å². The Labute approximate surface area is 148 Å². The van der Waals surface area contributed by atoms with Crippen LogP contribution in [-0.4, -0.2) is 35.8 Å². The van der Waals surface area contributed by atoms with Gasteiger partial charge in [0, 0.05) is 36.1 Å². The summed E-state index contributed by atoms with van der Waals surface area (Å²) in [6.45, 7) is 4.82. The second kappa shape index (κ2) is 6.79. The van der Waals surface area contributed by atoms with Gasteiger partial charge in [-0.1, -0.05) is 36.5 Å². The van der Waals surface area contributed by atoms with Crippen molar-refractivity contribution in [2.75, 3.05) is 20.2 Å². The fourth-order valence-corrected chi connectivity index (χ4v) is 5.10. The number of nitrogens with zero attached hydrogens (tertiary/aromatic N) is 1. The molecule has 128 valence electrons. The summed E-state index contributed by atoms with van der Waals surface area (Å²) in [5, 5.41) is 12.1. The van der Waals surface area contributed by atoms with Gasteiger partial charge in [0.1, 0.15) is 5.75 Å². The zero-order chi connectivity index (χ0) is 16.6. The van der Waals surface area contributed by atoms with Crippen molar-refractivity contribution in [3.05, 3.63) is 27.7 Å².